The van der Waals surface area contributed by atoms with Gasteiger partial charge in [-0.05, 0) is 23.6 Å². The summed E-state index contributed by atoms with van der Waals surface area (Å²) in [5.41, 5.74) is 0.533. The maximum atomic E-state index is 13.6. The molecule has 6 heteroatoms. The van der Waals surface area contributed by atoms with E-state index in [1.807, 2.05) is 20.8 Å². The Morgan fingerprint density at radius 2 is 2.04 bits per heavy atom. The molecule has 2 rings (SSSR count). The molecule has 1 aliphatic heterocycles. The first-order valence-electron chi connectivity index (χ1n) is 8.13. The monoisotopic (exact) mass is 337 g/mol. The number of carbonyl (C=O) groups excluding carboxylic acids is 1. The summed E-state index contributed by atoms with van der Waals surface area (Å²) in [5.74, 6) is -0.812. The number of amides is 1. The van der Waals surface area contributed by atoms with Gasteiger partial charge in [0.05, 0.1) is 13.0 Å². The number of likely N-dealkylation sites (tertiary alicyclic amines) is 1. The molecule has 1 amide bonds. The Bertz CT molecular complexity index is 624. The molecule has 0 bridgehead atoms. The highest BCUT2D eigenvalue weighted by atomic mass is 19.1. The number of benzene rings is 1. The van der Waals surface area contributed by atoms with Gasteiger partial charge in [0.25, 0.3) is 0 Å². The van der Waals surface area contributed by atoms with Gasteiger partial charge in [-0.2, -0.15) is 0 Å². The third-order valence-corrected chi connectivity index (χ3v) is 4.09. The summed E-state index contributed by atoms with van der Waals surface area (Å²) < 4.78 is 19.6. The van der Waals surface area contributed by atoms with E-state index in [9.17, 15) is 14.0 Å². The topological polar surface area (TPSA) is 66.8 Å². The predicted molar refractivity (Wildman–Crippen MR) is 87.6 cm³/mol. The van der Waals surface area contributed by atoms with Crippen molar-refractivity contribution in [1.82, 2.24) is 4.90 Å². The molecule has 1 N–H and O–H groups in total. The second-order valence-electron chi connectivity index (χ2n) is 7.15. The SMILES string of the molecule is CC(C)(C)c1cc(F)ccc1OC1CCN(C(=O)CCC(=O)O)C1. The number of carboxylic acids is 1. The number of nitrogens with zero attached hydrogens (tertiary/aromatic N) is 1. The second-order valence-corrected chi connectivity index (χ2v) is 7.15. The van der Waals surface area contributed by atoms with Crippen LogP contribution in [0.15, 0.2) is 18.2 Å². The van der Waals surface area contributed by atoms with Crippen LogP contribution >= 0.6 is 0 Å². The molecule has 5 nitrogen and oxygen atoms in total. The molecule has 0 aliphatic carbocycles. The van der Waals surface area contributed by atoms with E-state index in [0.717, 1.165) is 5.56 Å². The van der Waals surface area contributed by atoms with Crippen molar-refractivity contribution in [3.63, 3.8) is 0 Å². The van der Waals surface area contributed by atoms with Crippen LogP contribution in [0.25, 0.3) is 0 Å². The Labute approximate surface area is 141 Å². The lowest BCUT2D eigenvalue weighted by molar-refractivity contribution is -0.140. The number of hydrogen-bond donors (Lipinski definition) is 1. The Morgan fingerprint density at radius 1 is 1.33 bits per heavy atom. The van der Waals surface area contributed by atoms with E-state index in [0.29, 0.717) is 25.3 Å². The van der Waals surface area contributed by atoms with Crippen LogP contribution in [0.4, 0.5) is 4.39 Å². The Morgan fingerprint density at radius 3 is 2.67 bits per heavy atom. The minimum atomic E-state index is -0.975. The van der Waals surface area contributed by atoms with Gasteiger partial charge in [0.2, 0.25) is 5.91 Å². The van der Waals surface area contributed by atoms with Gasteiger partial charge in [0.1, 0.15) is 17.7 Å². The molecule has 1 unspecified atom stereocenters. The van der Waals surface area contributed by atoms with Gasteiger partial charge in [-0.1, -0.05) is 20.8 Å². The van der Waals surface area contributed by atoms with E-state index in [2.05, 4.69) is 0 Å². The molecule has 24 heavy (non-hydrogen) atoms. The normalized spacial score (nSPS) is 17.8. The zero-order valence-electron chi connectivity index (χ0n) is 14.3. The molecule has 1 heterocycles. The van der Waals surface area contributed by atoms with Crippen LogP contribution in [0.3, 0.4) is 0 Å². The molecule has 1 aliphatic rings. The second kappa shape index (κ2) is 7.20. The molecule has 1 saturated heterocycles. The van der Waals surface area contributed by atoms with Gasteiger partial charge in [0, 0.05) is 24.9 Å². The van der Waals surface area contributed by atoms with Crippen LogP contribution < -0.4 is 4.74 Å². The van der Waals surface area contributed by atoms with E-state index >= 15 is 0 Å². The van der Waals surface area contributed by atoms with Crippen molar-refractivity contribution in [2.45, 2.75) is 51.6 Å². The maximum Gasteiger partial charge on any atom is 0.303 e. The van der Waals surface area contributed by atoms with Gasteiger partial charge in [-0.15, -0.1) is 0 Å². The number of rotatable bonds is 5. The third kappa shape index (κ3) is 4.69. The Hall–Kier alpha value is -2.11. The van der Waals surface area contributed by atoms with E-state index in [-0.39, 0.29) is 36.1 Å². The van der Waals surface area contributed by atoms with Crippen LogP contribution in [0.2, 0.25) is 0 Å². The summed E-state index contributed by atoms with van der Waals surface area (Å²) in [4.78, 5) is 24.2. The average molecular weight is 337 g/mol. The van der Waals surface area contributed by atoms with Crippen molar-refractivity contribution in [1.29, 1.82) is 0 Å². The molecule has 132 valence electrons. The molecule has 0 radical (unpaired) electrons. The van der Waals surface area contributed by atoms with Gasteiger partial charge in [-0.3, -0.25) is 9.59 Å². The fourth-order valence-electron chi connectivity index (χ4n) is 2.79. The fraction of sp³-hybridized carbons (Fsp3) is 0.556. The van der Waals surface area contributed by atoms with Gasteiger partial charge in [0.15, 0.2) is 0 Å². The van der Waals surface area contributed by atoms with Crippen molar-refractivity contribution in [2.75, 3.05) is 13.1 Å². The molecular weight excluding hydrogens is 313 g/mol. The third-order valence-electron chi connectivity index (χ3n) is 4.09. The summed E-state index contributed by atoms with van der Waals surface area (Å²) in [6.45, 7) is 6.95. The first-order chi connectivity index (χ1) is 11.2. The number of ether oxygens (including phenoxy) is 1. The molecular formula is C18H24FNO4. The van der Waals surface area contributed by atoms with Crippen molar-refractivity contribution >= 4 is 11.9 Å². The first kappa shape index (κ1) is 18.2. The molecule has 1 aromatic rings. The fourth-order valence-corrected chi connectivity index (χ4v) is 2.79. The molecule has 0 saturated carbocycles. The molecule has 1 aromatic carbocycles. The van der Waals surface area contributed by atoms with Crippen LogP contribution in [0.1, 0.15) is 45.6 Å². The Kier molecular flexibility index (Phi) is 5.47. The highest BCUT2D eigenvalue weighted by Gasteiger charge is 2.29. The smallest absolute Gasteiger partial charge is 0.303 e. The van der Waals surface area contributed by atoms with Crippen LogP contribution in [0, 0.1) is 5.82 Å². The lowest BCUT2D eigenvalue weighted by Gasteiger charge is -2.25. The summed E-state index contributed by atoms with van der Waals surface area (Å²) >= 11 is 0. The van der Waals surface area contributed by atoms with E-state index in [1.165, 1.54) is 12.1 Å². The lowest BCUT2D eigenvalue weighted by Crippen LogP contribution is -2.31. The molecule has 0 aromatic heterocycles. The van der Waals surface area contributed by atoms with Gasteiger partial charge in [-0.25, -0.2) is 4.39 Å². The van der Waals surface area contributed by atoms with Gasteiger partial charge < -0.3 is 14.7 Å². The van der Waals surface area contributed by atoms with E-state index < -0.39 is 5.97 Å². The summed E-state index contributed by atoms with van der Waals surface area (Å²) in [6, 6.07) is 4.49. The zero-order valence-corrected chi connectivity index (χ0v) is 14.3. The number of hydrogen-bond acceptors (Lipinski definition) is 3. The average Bonchev–Trinajstić information content (AvgIpc) is 2.94. The number of carboxylic acid groups (broad SMARTS) is 1. The number of carbonyl (C=O) groups is 2. The van der Waals surface area contributed by atoms with E-state index in [1.54, 1.807) is 11.0 Å². The minimum Gasteiger partial charge on any atom is -0.488 e. The summed E-state index contributed by atoms with van der Waals surface area (Å²) in [7, 11) is 0. The standard InChI is InChI=1S/C18H24FNO4/c1-18(2,3)14-10-12(19)4-5-15(14)24-13-8-9-20(11-13)16(21)6-7-17(22)23/h4-5,10,13H,6-9,11H2,1-3H3,(H,22,23). The van der Waals surface area contributed by atoms with E-state index in [4.69, 9.17) is 9.84 Å². The first-order valence-corrected chi connectivity index (χ1v) is 8.13. The number of halogens is 1. The zero-order chi connectivity index (χ0) is 17.9. The largest absolute Gasteiger partial charge is 0.488 e. The van der Waals surface area contributed by atoms with Gasteiger partial charge >= 0.3 is 5.97 Å². The van der Waals surface area contributed by atoms with Crippen LogP contribution in [-0.4, -0.2) is 41.1 Å². The quantitative estimate of drug-likeness (QED) is 0.897. The van der Waals surface area contributed by atoms with Crippen molar-refractivity contribution in [2.24, 2.45) is 0 Å². The Balaban J connectivity index is 2.01. The maximum absolute atomic E-state index is 13.6. The molecule has 1 atom stereocenters. The lowest BCUT2D eigenvalue weighted by atomic mass is 9.86. The van der Waals surface area contributed by atoms with Crippen molar-refractivity contribution < 1.29 is 23.8 Å². The highest BCUT2D eigenvalue weighted by Crippen LogP contribution is 2.33. The molecule has 0 spiro atoms. The van der Waals surface area contributed by atoms with Crippen LogP contribution in [-0.2, 0) is 15.0 Å². The summed E-state index contributed by atoms with van der Waals surface area (Å²) in [5, 5.41) is 8.66. The highest BCUT2D eigenvalue weighted by molar-refractivity contribution is 5.80. The number of aliphatic carboxylic acids is 1. The predicted octanol–water partition coefficient (Wildman–Crippen LogP) is 2.97. The van der Waals surface area contributed by atoms with Crippen LogP contribution in [0.5, 0.6) is 5.75 Å². The summed E-state index contributed by atoms with van der Waals surface area (Å²) in [6.07, 6.45) is 0.365. The van der Waals surface area contributed by atoms with Crippen molar-refractivity contribution in [3.05, 3.63) is 29.6 Å². The van der Waals surface area contributed by atoms with Crippen molar-refractivity contribution in [3.8, 4) is 5.75 Å². The molecule has 1 fully saturated rings. The minimum absolute atomic E-state index is 0.00580.